The van der Waals surface area contributed by atoms with Crippen LogP contribution in [0.25, 0.3) is 10.2 Å². The summed E-state index contributed by atoms with van der Waals surface area (Å²) in [5, 5.41) is 0.618. The average molecular weight is 508 g/mol. The summed E-state index contributed by atoms with van der Waals surface area (Å²) >= 11 is 7.80. The van der Waals surface area contributed by atoms with Gasteiger partial charge in [-0.25, -0.2) is 8.42 Å². The van der Waals surface area contributed by atoms with Gasteiger partial charge in [0, 0.05) is 32.3 Å². The van der Waals surface area contributed by atoms with Crippen LogP contribution < -0.4 is 4.80 Å². The van der Waals surface area contributed by atoms with Crippen LogP contribution in [0, 0.1) is 0 Å². The maximum atomic E-state index is 12.9. The Labute approximate surface area is 202 Å². The molecule has 176 valence electrons. The topological polar surface area (TPSA) is 81.0 Å². The zero-order chi connectivity index (χ0) is 23.6. The van der Waals surface area contributed by atoms with Crippen LogP contribution >= 0.6 is 22.9 Å². The van der Waals surface area contributed by atoms with E-state index in [1.165, 1.54) is 39.9 Å². The van der Waals surface area contributed by atoms with Crippen molar-refractivity contribution >= 4 is 49.1 Å². The number of carbonyl (C=O) groups is 1. The summed E-state index contributed by atoms with van der Waals surface area (Å²) in [6.07, 6.45) is 2.60. The van der Waals surface area contributed by atoms with Gasteiger partial charge in [-0.3, -0.25) is 4.79 Å². The van der Waals surface area contributed by atoms with E-state index in [0.717, 1.165) is 29.5 Å². The molecule has 0 radical (unpaired) electrons. The number of benzene rings is 2. The highest BCUT2D eigenvalue weighted by atomic mass is 35.5. The molecule has 2 heterocycles. The molecule has 1 unspecified atom stereocenters. The molecule has 33 heavy (non-hydrogen) atoms. The van der Waals surface area contributed by atoms with Gasteiger partial charge in [0.1, 0.15) is 0 Å². The first kappa shape index (κ1) is 24.1. The number of nitrogens with zero attached hydrogens (tertiary/aromatic N) is 3. The van der Waals surface area contributed by atoms with Crippen LogP contribution in [0.1, 0.15) is 36.5 Å². The third-order valence-electron chi connectivity index (χ3n) is 5.59. The standard InChI is InChI=1S/C23H26ClN3O4S2/c1-3-13-27-21-19(24)7-4-8-20(21)32-23(27)25-22(28)16-9-11-18(12-10-16)33(29,30)26(2)15-17-6-5-14-31-17/h4,7-12,17H,3,5-6,13-15H2,1-2H3. The highest BCUT2D eigenvalue weighted by Crippen LogP contribution is 2.26. The predicted molar refractivity (Wildman–Crippen MR) is 130 cm³/mol. The van der Waals surface area contributed by atoms with Crippen molar-refractivity contribution in [3.63, 3.8) is 0 Å². The fourth-order valence-corrected chi connectivity index (χ4v) is 6.49. The SMILES string of the molecule is CCCn1c(=NC(=O)c2ccc(S(=O)(=O)N(C)CC3CCCO3)cc2)sc2cccc(Cl)c21. The number of carbonyl (C=O) groups excluding carboxylic acids is 1. The molecule has 1 aliphatic rings. The Bertz CT molecular complexity index is 1320. The summed E-state index contributed by atoms with van der Waals surface area (Å²) in [7, 11) is -2.12. The van der Waals surface area contributed by atoms with Crippen molar-refractivity contribution in [3.8, 4) is 0 Å². The van der Waals surface area contributed by atoms with Crippen LogP contribution in [0.2, 0.25) is 5.02 Å². The van der Waals surface area contributed by atoms with E-state index < -0.39 is 15.9 Å². The number of fused-ring (bicyclic) bond motifs is 1. The van der Waals surface area contributed by atoms with E-state index in [1.54, 1.807) is 7.05 Å². The Kier molecular flexibility index (Phi) is 7.35. The summed E-state index contributed by atoms with van der Waals surface area (Å²) in [6, 6.07) is 11.6. The lowest BCUT2D eigenvalue weighted by Gasteiger charge is -2.20. The third kappa shape index (κ3) is 5.07. The van der Waals surface area contributed by atoms with E-state index in [0.29, 0.717) is 35.1 Å². The molecule has 3 aromatic rings. The van der Waals surface area contributed by atoms with E-state index in [-0.39, 0.29) is 11.0 Å². The summed E-state index contributed by atoms with van der Waals surface area (Å²) in [5.74, 6) is -0.431. The largest absolute Gasteiger partial charge is 0.377 e. The number of para-hydroxylation sites is 1. The monoisotopic (exact) mass is 507 g/mol. The number of ether oxygens (including phenoxy) is 1. The zero-order valence-corrected chi connectivity index (χ0v) is 20.9. The van der Waals surface area contributed by atoms with Gasteiger partial charge in [-0.1, -0.05) is 35.9 Å². The number of sulfonamides is 1. The van der Waals surface area contributed by atoms with Gasteiger partial charge in [0.2, 0.25) is 10.0 Å². The number of rotatable bonds is 7. The minimum absolute atomic E-state index is 0.0749. The van der Waals surface area contributed by atoms with Gasteiger partial charge >= 0.3 is 0 Å². The Morgan fingerprint density at radius 2 is 2.03 bits per heavy atom. The maximum Gasteiger partial charge on any atom is 0.279 e. The van der Waals surface area contributed by atoms with Crippen molar-refractivity contribution in [2.24, 2.45) is 4.99 Å². The fourth-order valence-electron chi connectivity index (χ4n) is 3.88. The fraction of sp³-hybridized carbons (Fsp3) is 0.391. The zero-order valence-electron chi connectivity index (χ0n) is 18.5. The summed E-state index contributed by atoms with van der Waals surface area (Å²) in [6.45, 7) is 3.71. The Hall–Kier alpha value is -2.04. The number of hydrogen-bond acceptors (Lipinski definition) is 5. The molecule has 1 fully saturated rings. The van der Waals surface area contributed by atoms with Gasteiger partial charge in [0.15, 0.2) is 4.80 Å². The molecule has 7 nitrogen and oxygen atoms in total. The summed E-state index contributed by atoms with van der Waals surface area (Å²) in [4.78, 5) is 17.9. The molecule has 0 N–H and O–H groups in total. The highest BCUT2D eigenvalue weighted by Gasteiger charge is 2.26. The first-order valence-corrected chi connectivity index (χ1v) is 13.5. The molecule has 1 saturated heterocycles. The van der Waals surface area contributed by atoms with Gasteiger partial charge in [-0.15, -0.1) is 0 Å². The van der Waals surface area contributed by atoms with Crippen molar-refractivity contribution in [1.82, 2.24) is 8.87 Å². The minimum atomic E-state index is -3.67. The van der Waals surface area contributed by atoms with Crippen molar-refractivity contribution in [2.75, 3.05) is 20.2 Å². The van der Waals surface area contributed by atoms with E-state index in [1.807, 2.05) is 29.7 Å². The summed E-state index contributed by atoms with van der Waals surface area (Å²) < 4.78 is 35.5. The predicted octanol–water partition coefficient (Wildman–Crippen LogP) is 4.31. The van der Waals surface area contributed by atoms with Crippen molar-refractivity contribution in [2.45, 2.75) is 43.7 Å². The normalized spacial score (nSPS) is 17.3. The van der Waals surface area contributed by atoms with Crippen LogP contribution in [0.15, 0.2) is 52.4 Å². The van der Waals surface area contributed by atoms with Crippen LogP contribution in [0.3, 0.4) is 0 Å². The second kappa shape index (κ2) is 10.1. The molecule has 1 aliphatic heterocycles. The first-order chi connectivity index (χ1) is 15.8. The van der Waals surface area contributed by atoms with Crippen LogP contribution in [0.4, 0.5) is 0 Å². The van der Waals surface area contributed by atoms with Crippen LogP contribution in [-0.2, 0) is 21.3 Å². The van der Waals surface area contributed by atoms with Crippen molar-refractivity contribution in [1.29, 1.82) is 0 Å². The molecule has 4 rings (SSSR count). The number of aromatic nitrogens is 1. The molecular weight excluding hydrogens is 482 g/mol. The Morgan fingerprint density at radius 3 is 2.70 bits per heavy atom. The minimum Gasteiger partial charge on any atom is -0.377 e. The van der Waals surface area contributed by atoms with Gasteiger partial charge in [-0.2, -0.15) is 9.30 Å². The highest BCUT2D eigenvalue weighted by molar-refractivity contribution is 7.89. The second-order valence-corrected chi connectivity index (χ2v) is 11.4. The molecule has 0 bridgehead atoms. The number of hydrogen-bond donors (Lipinski definition) is 0. The van der Waals surface area contributed by atoms with Gasteiger partial charge in [0.25, 0.3) is 5.91 Å². The van der Waals surface area contributed by atoms with Crippen LogP contribution in [0.5, 0.6) is 0 Å². The molecule has 1 atom stereocenters. The lowest BCUT2D eigenvalue weighted by molar-refractivity contribution is 0.0979. The van der Waals surface area contributed by atoms with Crippen molar-refractivity contribution < 1.29 is 17.9 Å². The lowest BCUT2D eigenvalue weighted by Crippen LogP contribution is -2.34. The van der Waals surface area contributed by atoms with Gasteiger partial charge < -0.3 is 9.30 Å². The van der Waals surface area contributed by atoms with E-state index >= 15 is 0 Å². The molecule has 2 aromatic carbocycles. The number of thiazole rings is 1. The molecule has 10 heteroatoms. The maximum absolute atomic E-state index is 12.9. The summed E-state index contributed by atoms with van der Waals surface area (Å²) in [5.41, 5.74) is 1.19. The van der Waals surface area contributed by atoms with Crippen molar-refractivity contribution in [3.05, 3.63) is 57.9 Å². The van der Waals surface area contributed by atoms with E-state index in [4.69, 9.17) is 16.3 Å². The average Bonchev–Trinajstić information content (AvgIpc) is 3.43. The van der Waals surface area contributed by atoms with Gasteiger partial charge in [0.05, 0.1) is 26.2 Å². The van der Waals surface area contributed by atoms with Crippen LogP contribution in [-0.4, -0.2) is 49.5 Å². The van der Waals surface area contributed by atoms with Gasteiger partial charge in [-0.05, 0) is 55.7 Å². The van der Waals surface area contributed by atoms with E-state index in [9.17, 15) is 13.2 Å². The Balaban J connectivity index is 1.59. The molecular formula is C23H26ClN3O4S2. The first-order valence-electron chi connectivity index (χ1n) is 10.9. The number of likely N-dealkylation sites (N-methyl/N-ethyl adjacent to an activating group) is 1. The van der Waals surface area contributed by atoms with E-state index in [2.05, 4.69) is 4.99 Å². The Morgan fingerprint density at radius 1 is 1.27 bits per heavy atom. The quantitative estimate of drug-likeness (QED) is 0.477. The molecule has 0 spiro atoms. The molecule has 1 amide bonds. The molecule has 1 aromatic heterocycles. The lowest BCUT2D eigenvalue weighted by atomic mass is 10.2. The molecule has 0 aliphatic carbocycles. The number of aryl methyl sites for hydroxylation is 1. The number of halogens is 1. The second-order valence-electron chi connectivity index (χ2n) is 7.98. The molecule has 0 saturated carbocycles. The third-order valence-corrected chi connectivity index (χ3v) is 8.78. The smallest absolute Gasteiger partial charge is 0.279 e. The number of amides is 1.